The number of rotatable bonds is 5. The molecule has 0 amide bonds. The summed E-state index contributed by atoms with van der Waals surface area (Å²) in [4.78, 5) is 12.5. The van der Waals surface area contributed by atoms with Gasteiger partial charge in [0.2, 0.25) is 0 Å². The van der Waals surface area contributed by atoms with E-state index in [0.29, 0.717) is 11.8 Å². The number of fused-ring (bicyclic) bond motifs is 1. The second kappa shape index (κ2) is 7.10. The fraction of sp³-hybridized carbons (Fsp3) is 0.480. The molecule has 2 fully saturated rings. The van der Waals surface area contributed by atoms with Gasteiger partial charge >= 0.3 is 5.97 Å². The van der Waals surface area contributed by atoms with Crippen LogP contribution in [0.2, 0.25) is 5.04 Å². The van der Waals surface area contributed by atoms with Crippen LogP contribution in [0.4, 0.5) is 0 Å². The quantitative estimate of drug-likeness (QED) is 0.551. The van der Waals surface area contributed by atoms with Crippen molar-refractivity contribution in [2.45, 2.75) is 51.7 Å². The fourth-order valence-corrected chi connectivity index (χ4v) is 10.4. The van der Waals surface area contributed by atoms with Gasteiger partial charge in [-0.1, -0.05) is 88.4 Å². The summed E-state index contributed by atoms with van der Waals surface area (Å²) in [7, 11) is -1.09. The number of carbonyl (C=O) groups is 1. The molecule has 29 heavy (non-hydrogen) atoms. The van der Waals surface area contributed by atoms with E-state index in [1.165, 1.54) is 17.5 Å². The topological polar surface area (TPSA) is 35.5 Å². The average Bonchev–Trinajstić information content (AvgIpc) is 3.39. The lowest BCUT2D eigenvalue weighted by molar-refractivity contribution is -0.147. The molecule has 0 bridgehead atoms. The van der Waals surface area contributed by atoms with Crippen LogP contribution in [0.5, 0.6) is 0 Å². The number of ether oxygens (including phenoxy) is 1. The maximum absolute atomic E-state index is 12.5. The number of hydrogen-bond acceptors (Lipinski definition) is 3. The number of benzene rings is 2. The van der Waals surface area contributed by atoms with Gasteiger partial charge in [0.15, 0.2) is 0 Å². The van der Waals surface area contributed by atoms with Gasteiger partial charge in [-0.25, -0.2) is 0 Å². The van der Waals surface area contributed by atoms with E-state index < -0.39 is 8.32 Å². The minimum atomic E-state index is -2.60. The van der Waals surface area contributed by atoms with Crippen LogP contribution in [0.25, 0.3) is 0 Å². The molecular weight excluding hydrogens is 376 g/mol. The first-order valence-electron chi connectivity index (χ1n) is 10.6. The minimum absolute atomic E-state index is 0.0529. The number of esters is 1. The third-order valence-corrected chi connectivity index (χ3v) is 12.3. The molecule has 0 saturated heterocycles. The molecule has 4 heteroatoms. The zero-order chi connectivity index (χ0) is 20.9. The highest BCUT2D eigenvalue weighted by Gasteiger charge is 2.70. The Morgan fingerprint density at radius 2 is 1.48 bits per heavy atom. The molecule has 3 nitrogen and oxygen atoms in total. The van der Waals surface area contributed by atoms with Gasteiger partial charge in [0.05, 0.1) is 12.5 Å². The minimum Gasteiger partial charge on any atom is -0.469 e. The van der Waals surface area contributed by atoms with Gasteiger partial charge in [-0.05, 0) is 40.1 Å². The van der Waals surface area contributed by atoms with Crippen molar-refractivity contribution in [1.29, 1.82) is 0 Å². The highest BCUT2D eigenvalue weighted by Crippen LogP contribution is 2.67. The van der Waals surface area contributed by atoms with Crippen molar-refractivity contribution >= 4 is 24.7 Å². The molecule has 2 saturated carbocycles. The van der Waals surface area contributed by atoms with Gasteiger partial charge in [0.25, 0.3) is 8.32 Å². The lowest BCUT2D eigenvalue weighted by Gasteiger charge is -2.45. The summed E-state index contributed by atoms with van der Waals surface area (Å²) in [6.45, 7) is 9.16. The zero-order valence-electron chi connectivity index (χ0n) is 18.1. The van der Waals surface area contributed by atoms with E-state index in [9.17, 15) is 4.79 Å². The Morgan fingerprint density at radius 3 is 1.93 bits per heavy atom. The van der Waals surface area contributed by atoms with Crippen LogP contribution >= 0.6 is 0 Å². The van der Waals surface area contributed by atoms with E-state index in [1.807, 2.05) is 0 Å². The first-order valence-corrected chi connectivity index (χ1v) is 12.5. The Labute approximate surface area is 175 Å². The molecular formula is C25H32O3Si. The van der Waals surface area contributed by atoms with Gasteiger partial charge in [-0.2, -0.15) is 0 Å². The van der Waals surface area contributed by atoms with Gasteiger partial charge < -0.3 is 9.16 Å². The van der Waals surface area contributed by atoms with Crippen LogP contribution in [0.3, 0.4) is 0 Å². The van der Waals surface area contributed by atoms with Crippen molar-refractivity contribution in [2.75, 3.05) is 7.11 Å². The molecule has 154 valence electrons. The normalized spacial score (nSPS) is 28.7. The van der Waals surface area contributed by atoms with E-state index in [2.05, 4.69) is 88.4 Å². The zero-order valence-corrected chi connectivity index (χ0v) is 19.1. The van der Waals surface area contributed by atoms with Crippen LogP contribution < -0.4 is 10.4 Å². The Hall–Kier alpha value is -1.91. The van der Waals surface area contributed by atoms with E-state index in [4.69, 9.17) is 9.16 Å². The second-order valence-corrected chi connectivity index (χ2v) is 14.1. The molecule has 0 heterocycles. The molecule has 0 radical (unpaired) electrons. The Morgan fingerprint density at radius 1 is 0.966 bits per heavy atom. The first-order chi connectivity index (χ1) is 13.8. The smallest absolute Gasteiger partial charge is 0.312 e. The number of carbonyl (C=O) groups excluding carboxylic acids is 1. The molecule has 0 aromatic heterocycles. The Bertz CT molecular complexity index is 834. The third kappa shape index (κ3) is 3.08. The molecule has 2 aromatic carbocycles. The van der Waals surface area contributed by atoms with Crippen molar-refractivity contribution < 1.29 is 14.0 Å². The van der Waals surface area contributed by atoms with Crippen molar-refractivity contribution in [3.8, 4) is 0 Å². The van der Waals surface area contributed by atoms with E-state index >= 15 is 0 Å². The maximum Gasteiger partial charge on any atom is 0.312 e. The summed E-state index contributed by atoms with van der Waals surface area (Å²) in [6.07, 6.45) is 1.79. The molecule has 2 aliphatic carbocycles. The first kappa shape index (κ1) is 20.4. The summed E-state index contributed by atoms with van der Waals surface area (Å²) in [5.74, 6) is 0.691. The van der Waals surface area contributed by atoms with Crippen LogP contribution in [0.1, 0.15) is 40.5 Å². The molecule has 4 atom stereocenters. The van der Waals surface area contributed by atoms with Gasteiger partial charge in [0.1, 0.15) is 0 Å². The Balaban J connectivity index is 1.79. The highest BCUT2D eigenvalue weighted by atomic mass is 28.4. The van der Waals surface area contributed by atoms with Crippen molar-refractivity contribution in [3.05, 3.63) is 60.7 Å². The summed E-state index contributed by atoms with van der Waals surface area (Å²) in [5, 5.41) is 2.53. The van der Waals surface area contributed by atoms with E-state index in [-0.39, 0.29) is 22.5 Å². The molecule has 4 rings (SSSR count). The largest absolute Gasteiger partial charge is 0.469 e. The third-order valence-electron chi connectivity index (χ3n) is 7.26. The molecule has 0 spiro atoms. The second-order valence-electron chi connectivity index (χ2n) is 9.84. The molecule has 2 aromatic rings. The summed E-state index contributed by atoms with van der Waals surface area (Å²) >= 11 is 0. The molecule has 0 unspecified atom stereocenters. The SMILES string of the molecule is COC(=O)[C@]12C[C@H](O[Si](c3ccccc3)(c3ccccc3)C(C)(C)C)[C@@H](C)[C@H]1C2. The van der Waals surface area contributed by atoms with Gasteiger partial charge in [0, 0.05) is 6.10 Å². The van der Waals surface area contributed by atoms with Crippen LogP contribution in [0.15, 0.2) is 60.7 Å². The summed E-state index contributed by atoms with van der Waals surface area (Å²) < 4.78 is 12.5. The maximum atomic E-state index is 12.5. The van der Waals surface area contributed by atoms with Crippen LogP contribution in [-0.4, -0.2) is 27.5 Å². The van der Waals surface area contributed by atoms with Crippen molar-refractivity contribution in [3.63, 3.8) is 0 Å². The van der Waals surface area contributed by atoms with Crippen molar-refractivity contribution in [1.82, 2.24) is 0 Å². The van der Waals surface area contributed by atoms with Gasteiger partial charge in [-0.15, -0.1) is 0 Å². The van der Waals surface area contributed by atoms with Crippen molar-refractivity contribution in [2.24, 2.45) is 17.3 Å². The monoisotopic (exact) mass is 408 g/mol. The summed E-state index contributed by atoms with van der Waals surface area (Å²) in [6, 6.07) is 21.5. The highest BCUT2D eigenvalue weighted by molar-refractivity contribution is 6.99. The summed E-state index contributed by atoms with van der Waals surface area (Å²) in [5.41, 5.74) is -0.315. The molecule has 0 N–H and O–H groups in total. The predicted octanol–water partition coefficient (Wildman–Crippen LogP) is 4.15. The molecule has 0 aliphatic heterocycles. The molecule has 2 aliphatic rings. The van der Waals surface area contributed by atoms with Gasteiger partial charge in [-0.3, -0.25) is 4.79 Å². The number of methoxy groups -OCH3 is 1. The standard InChI is InChI=1S/C25H32O3Si/c1-18-21-16-25(21,23(26)27-5)17-22(18)28-29(24(2,3)4,19-12-8-6-9-13-19)20-14-10-7-11-15-20/h6-15,18,21-22H,16-17H2,1-5H3/t18-,21+,22-,25+/m0/s1. The van der Waals surface area contributed by atoms with E-state index in [0.717, 1.165) is 12.8 Å². The Kier molecular flexibility index (Phi) is 4.99. The fourth-order valence-electron chi connectivity index (χ4n) is 5.65. The van der Waals surface area contributed by atoms with E-state index in [1.54, 1.807) is 0 Å². The van der Waals surface area contributed by atoms with Crippen LogP contribution in [0, 0.1) is 17.3 Å². The van der Waals surface area contributed by atoms with Crippen LogP contribution in [-0.2, 0) is 14.0 Å². The average molecular weight is 409 g/mol. The number of hydrogen-bond donors (Lipinski definition) is 0. The predicted molar refractivity (Wildman–Crippen MR) is 119 cm³/mol. The lowest BCUT2D eigenvalue weighted by atomic mass is 10.0. The lowest BCUT2D eigenvalue weighted by Crippen LogP contribution is -2.68.